The number of rotatable bonds is 4. The van der Waals surface area contributed by atoms with Gasteiger partial charge in [-0.1, -0.05) is 11.8 Å². The van der Waals surface area contributed by atoms with Gasteiger partial charge in [0, 0.05) is 5.56 Å². The highest BCUT2D eigenvalue weighted by Crippen LogP contribution is 2.10. The van der Waals surface area contributed by atoms with Crippen molar-refractivity contribution >= 4 is 11.9 Å². The van der Waals surface area contributed by atoms with Gasteiger partial charge in [-0.2, -0.15) is 0 Å². The summed E-state index contributed by atoms with van der Waals surface area (Å²) in [6, 6.07) is 3.11. The Hall–Kier alpha value is -2.39. The molecule has 1 unspecified atom stereocenters. The molecular weight excluding hydrogens is 275 g/mol. The summed E-state index contributed by atoms with van der Waals surface area (Å²) in [7, 11) is 0. The van der Waals surface area contributed by atoms with Crippen LogP contribution in [0.15, 0.2) is 18.2 Å². The van der Waals surface area contributed by atoms with Crippen molar-refractivity contribution < 1.29 is 18.7 Å². The molecule has 0 heterocycles. The van der Waals surface area contributed by atoms with Gasteiger partial charge < -0.3 is 15.8 Å². The molecule has 0 saturated heterocycles. The van der Waals surface area contributed by atoms with Crippen molar-refractivity contribution in [3.8, 4) is 11.8 Å². The van der Waals surface area contributed by atoms with E-state index < -0.39 is 23.7 Å². The Balaban J connectivity index is 2.81. The van der Waals surface area contributed by atoms with Crippen LogP contribution in [0.4, 0.5) is 4.39 Å². The fourth-order valence-electron chi connectivity index (χ4n) is 1.53. The number of ether oxygens (including phenoxy) is 1. The minimum absolute atomic E-state index is 0.163. The first-order valence-electron chi connectivity index (χ1n) is 6.45. The summed E-state index contributed by atoms with van der Waals surface area (Å²) in [5, 5.41) is 2.37. The number of benzene rings is 1. The Bertz CT molecular complexity index is 590. The van der Waals surface area contributed by atoms with E-state index in [1.165, 1.54) is 19.1 Å². The summed E-state index contributed by atoms with van der Waals surface area (Å²) in [5.41, 5.74) is 5.49. The standard InChI is InChI=1S/C15H17FN2O3/c1-3-21-15(20)10(2)18-14(19)12-7-6-11(5-4-8-17)9-13(12)16/h6-7,9-10H,3,8,17H2,1-2H3,(H,18,19). The van der Waals surface area contributed by atoms with Crippen LogP contribution >= 0.6 is 0 Å². The van der Waals surface area contributed by atoms with E-state index in [2.05, 4.69) is 17.2 Å². The molecule has 0 fully saturated rings. The summed E-state index contributed by atoms with van der Waals surface area (Å²) in [6.07, 6.45) is 0. The number of halogens is 1. The topological polar surface area (TPSA) is 81.4 Å². The Morgan fingerprint density at radius 1 is 1.48 bits per heavy atom. The molecule has 1 atom stereocenters. The number of nitrogens with one attached hydrogen (secondary N) is 1. The first-order valence-corrected chi connectivity index (χ1v) is 6.45. The lowest BCUT2D eigenvalue weighted by molar-refractivity contribution is -0.144. The normalized spacial score (nSPS) is 11.0. The summed E-state index contributed by atoms with van der Waals surface area (Å²) in [5.74, 6) is 3.28. The minimum Gasteiger partial charge on any atom is -0.464 e. The summed E-state index contributed by atoms with van der Waals surface area (Å²) < 4.78 is 18.6. The van der Waals surface area contributed by atoms with Gasteiger partial charge in [0.2, 0.25) is 0 Å². The van der Waals surface area contributed by atoms with Gasteiger partial charge in [0.15, 0.2) is 0 Å². The number of hydrogen-bond donors (Lipinski definition) is 2. The van der Waals surface area contributed by atoms with Gasteiger partial charge in [0.05, 0.1) is 18.7 Å². The molecule has 1 rings (SSSR count). The highest BCUT2D eigenvalue weighted by atomic mass is 19.1. The van der Waals surface area contributed by atoms with Crippen LogP contribution in [0.25, 0.3) is 0 Å². The van der Waals surface area contributed by atoms with Gasteiger partial charge in [-0.05, 0) is 32.0 Å². The van der Waals surface area contributed by atoms with E-state index in [1.54, 1.807) is 6.92 Å². The summed E-state index contributed by atoms with van der Waals surface area (Å²) >= 11 is 0. The fraction of sp³-hybridized carbons (Fsp3) is 0.333. The van der Waals surface area contributed by atoms with E-state index in [0.717, 1.165) is 6.07 Å². The molecule has 0 aliphatic rings. The second-order valence-corrected chi connectivity index (χ2v) is 4.15. The smallest absolute Gasteiger partial charge is 0.328 e. The number of carbonyl (C=O) groups is 2. The van der Waals surface area contributed by atoms with Gasteiger partial charge in [0.25, 0.3) is 5.91 Å². The second-order valence-electron chi connectivity index (χ2n) is 4.15. The predicted octanol–water partition coefficient (Wildman–Crippen LogP) is 0.817. The SMILES string of the molecule is CCOC(=O)C(C)NC(=O)c1ccc(C#CCN)cc1F. The van der Waals surface area contributed by atoms with Crippen molar-refractivity contribution in [3.63, 3.8) is 0 Å². The second kappa shape index (κ2) is 8.02. The van der Waals surface area contributed by atoms with Crippen molar-refractivity contribution in [2.45, 2.75) is 19.9 Å². The van der Waals surface area contributed by atoms with Crippen LogP contribution in [-0.2, 0) is 9.53 Å². The monoisotopic (exact) mass is 292 g/mol. The molecule has 0 aromatic heterocycles. The number of nitrogens with two attached hydrogens (primary N) is 1. The zero-order valence-corrected chi connectivity index (χ0v) is 11.9. The van der Waals surface area contributed by atoms with Crippen LogP contribution in [0.3, 0.4) is 0 Å². The van der Waals surface area contributed by atoms with Gasteiger partial charge in [0.1, 0.15) is 11.9 Å². The quantitative estimate of drug-likeness (QED) is 0.636. The maximum atomic E-state index is 13.9. The Labute approximate surface area is 122 Å². The zero-order valence-electron chi connectivity index (χ0n) is 11.9. The lowest BCUT2D eigenvalue weighted by Crippen LogP contribution is -2.39. The van der Waals surface area contributed by atoms with Crippen molar-refractivity contribution in [2.75, 3.05) is 13.2 Å². The molecule has 1 amide bonds. The van der Waals surface area contributed by atoms with Gasteiger partial charge >= 0.3 is 5.97 Å². The van der Waals surface area contributed by atoms with E-state index in [4.69, 9.17) is 10.5 Å². The highest BCUT2D eigenvalue weighted by molar-refractivity contribution is 5.97. The van der Waals surface area contributed by atoms with Crippen molar-refractivity contribution in [1.82, 2.24) is 5.32 Å². The van der Waals surface area contributed by atoms with Crippen LogP contribution in [0.2, 0.25) is 0 Å². The predicted molar refractivity (Wildman–Crippen MR) is 75.9 cm³/mol. The lowest BCUT2D eigenvalue weighted by atomic mass is 10.1. The first-order chi connectivity index (χ1) is 9.99. The molecule has 6 heteroatoms. The zero-order chi connectivity index (χ0) is 15.8. The van der Waals surface area contributed by atoms with Crippen molar-refractivity contribution in [3.05, 3.63) is 35.1 Å². The molecule has 5 nitrogen and oxygen atoms in total. The fourth-order valence-corrected chi connectivity index (χ4v) is 1.53. The van der Waals surface area contributed by atoms with E-state index in [0.29, 0.717) is 5.56 Å². The lowest BCUT2D eigenvalue weighted by Gasteiger charge is -2.13. The Morgan fingerprint density at radius 3 is 2.76 bits per heavy atom. The number of carbonyl (C=O) groups excluding carboxylic acids is 2. The molecule has 0 aliphatic heterocycles. The van der Waals surface area contributed by atoms with Gasteiger partial charge in [-0.3, -0.25) is 4.79 Å². The number of hydrogen-bond acceptors (Lipinski definition) is 4. The molecule has 0 aliphatic carbocycles. The summed E-state index contributed by atoms with van der Waals surface area (Å²) in [6.45, 7) is 3.50. The third-order valence-electron chi connectivity index (χ3n) is 2.54. The van der Waals surface area contributed by atoms with Crippen LogP contribution in [0, 0.1) is 17.7 Å². The minimum atomic E-state index is -0.853. The molecule has 3 N–H and O–H groups in total. The summed E-state index contributed by atoms with van der Waals surface area (Å²) in [4.78, 5) is 23.3. The molecule has 1 aromatic carbocycles. The van der Waals surface area contributed by atoms with Gasteiger partial charge in [-0.15, -0.1) is 0 Å². The van der Waals surface area contributed by atoms with E-state index in [-0.39, 0.29) is 18.7 Å². The van der Waals surface area contributed by atoms with E-state index in [9.17, 15) is 14.0 Å². The third kappa shape index (κ3) is 4.89. The van der Waals surface area contributed by atoms with Crippen LogP contribution in [0.5, 0.6) is 0 Å². The van der Waals surface area contributed by atoms with Crippen molar-refractivity contribution in [2.24, 2.45) is 5.73 Å². The van der Waals surface area contributed by atoms with Crippen molar-refractivity contribution in [1.29, 1.82) is 0 Å². The number of esters is 1. The van der Waals surface area contributed by atoms with Gasteiger partial charge in [-0.25, -0.2) is 9.18 Å². The first kappa shape index (κ1) is 16.7. The average molecular weight is 292 g/mol. The van der Waals surface area contributed by atoms with Crippen LogP contribution < -0.4 is 11.1 Å². The molecule has 0 radical (unpaired) electrons. The van der Waals surface area contributed by atoms with Crippen LogP contribution in [0.1, 0.15) is 29.8 Å². The molecule has 0 spiro atoms. The highest BCUT2D eigenvalue weighted by Gasteiger charge is 2.19. The molecule has 21 heavy (non-hydrogen) atoms. The number of amides is 1. The molecule has 0 bridgehead atoms. The average Bonchev–Trinajstić information content (AvgIpc) is 2.45. The maximum Gasteiger partial charge on any atom is 0.328 e. The molecule has 0 saturated carbocycles. The Kier molecular flexibility index (Phi) is 6.37. The molecular formula is C15H17FN2O3. The molecule has 1 aromatic rings. The van der Waals surface area contributed by atoms with Crippen LogP contribution in [-0.4, -0.2) is 31.1 Å². The van der Waals surface area contributed by atoms with E-state index in [1.807, 2.05) is 0 Å². The molecule has 112 valence electrons. The third-order valence-corrected chi connectivity index (χ3v) is 2.54. The Morgan fingerprint density at radius 2 is 2.19 bits per heavy atom. The van der Waals surface area contributed by atoms with E-state index >= 15 is 0 Å². The largest absolute Gasteiger partial charge is 0.464 e. The maximum absolute atomic E-state index is 13.9.